The molecule has 0 atom stereocenters. The summed E-state index contributed by atoms with van der Waals surface area (Å²) in [6, 6.07) is 22.1. The van der Waals surface area contributed by atoms with Crippen LogP contribution in [0.15, 0.2) is 82.1 Å². The summed E-state index contributed by atoms with van der Waals surface area (Å²) in [5.74, 6) is -0.455. The molecule has 0 bridgehead atoms. The Morgan fingerprint density at radius 1 is 0.966 bits per heavy atom. The number of carbonyl (C=O) groups excluding carboxylic acids is 1. The predicted octanol–water partition coefficient (Wildman–Crippen LogP) is 2.27. The highest BCUT2D eigenvalue weighted by atomic mass is 16.5. The Morgan fingerprint density at radius 3 is 2.45 bits per heavy atom. The summed E-state index contributed by atoms with van der Waals surface area (Å²) in [4.78, 5) is 28.4. The third kappa shape index (κ3) is 4.44. The van der Waals surface area contributed by atoms with Crippen molar-refractivity contribution in [3.05, 3.63) is 100 Å². The molecule has 2 heterocycles. The summed E-state index contributed by atoms with van der Waals surface area (Å²) in [5.41, 5.74) is 2.18. The van der Waals surface area contributed by atoms with Crippen LogP contribution in [0.25, 0.3) is 11.3 Å². The Labute approximate surface area is 165 Å². The van der Waals surface area contributed by atoms with Gasteiger partial charge in [-0.25, -0.2) is 4.68 Å². The highest BCUT2D eigenvalue weighted by Gasteiger charge is 2.16. The molecule has 0 radical (unpaired) electrons. The molecule has 0 unspecified atom stereocenters. The molecular formula is C21H17N5O3. The molecule has 8 nitrogen and oxygen atoms in total. The fourth-order valence-electron chi connectivity index (χ4n) is 2.72. The first kappa shape index (κ1) is 18.3. The van der Waals surface area contributed by atoms with Crippen LogP contribution >= 0.6 is 0 Å². The van der Waals surface area contributed by atoms with Gasteiger partial charge in [-0.1, -0.05) is 65.8 Å². The summed E-state index contributed by atoms with van der Waals surface area (Å²) < 4.78 is 6.26. The van der Waals surface area contributed by atoms with E-state index in [-0.39, 0.29) is 23.8 Å². The Hall–Kier alpha value is -4.07. The number of nitrogens with one attached hydrogen (secondary N) is 1. The zero-order valence-electron chi connectivity index (χ0n) is 15.4. The minimum absolute atomic E-state index is 0.00499. The van der Waals surface area contributed by atoms with Crippen LogP contribution in [0.3, 0.4) is 0 Å². The van der Waals surface area contributed by atoms with E-state index in [1.54, 1.807) is 6.07 Å². The lowest BCUT2D eigenvalue weighted by molar-refractivity contribution is 0.0907. The van der Waals surface area contributed by atoms with Gasteiger partial charge in [0.15, 0.2) is 5.82 Å². The fourth-order valence-corrected chi connectivity index (χ4v) is 2.72. The number of nitrogens with zero attached hydrogens (tertiary/aromatic N) is 4. The van der Waals surface area contributed by atoms with Crippen LogP contribution in [0.5, 0.6) is 0 Å². The van der Waals surface area contributed by atoms with Crippen molar-refractivity contribution in [2.45, 2.75) is 13.1 Å². The van der Waals surface area contributed by atoms with Gasteiger partial charge < -0.3 is 9.84 Å². The number of benzene rings is 2. The zero-order chi connectivity index (χ0) is 20.1. The minimum Gasteiger partial charge on any atom is -0.344 e. The molecule has 29 heavy (non-hydrogen) atoms. The number of carbonyl (C=O) groups is 1. The maximum Gasteiger partial charge on any atom is 0.316 e. The highest BCUT2D eigenvalue weighted by Crippen LogP contribution is 2.14. The molecular weight excluding hydrogens is 370 g/mol. The lowest BCUT2D eigenvalue weighted by Crippen LogP contribution is -2.24. The second-order valence-corrected chi connectivity index (χ2v) is 6.26. The van der Waals surface area contributed by atoms with E-state index in [2.05, 4.69) is 20.6 Å². The van der Waals surface area contributed by atoms with Gasteiger partial charge in [0, 0.05) is 18.2 Å². The number of aromatic nitrogens is 4. The summed E-state index contributed by atoms with van der Waals surface area (Å²) in [6.07, 6.45) is 0. The molecule has 0 aliphatic carbocycles. The molecule has 4 rings (SSSR count). The van der Waals surface area contributed by atoms with Crippen molar-refractivity contribution in [2.75, 3.05) is 0 Å². The van der Waals surface area contributed by atoms with Crippen LogP contribution < -0.4 is 10.9 Å². The standard InChI is InChI=1S/C21H17N5O3/c27-19-12-11-17(16-9-5-2-6-10-16)24-26(19)14-18-23-21(29-25-18)20(28)22-13-15-7-3-1-4-8-15/h1-12H,13-14H2,(H,22,28). The van der Waals surface area contributed by atoms with Gasteiger partial charge in [0.1, 0.15) is 6.54 Å². The average molecular weight is 387 g/mol. The molecule has 144 valence electrons. The quantitative estimate of drug-likeness (QED) is 0.544. The first-order valence-corrected chi connectivity index (χ1v) is 8.97. The second-order valence-electron chi connectivity index (χ2n) is 6.26. The summed E-state index contributed by atoms with van der Waals surface area (Å²) in [7, 11) is 0. The highest BCUT2D eigenvalue weighted by molar-refractivity contribution is 5.89. The van der Waals surface area contributed by atoms with E-state index in [0.29, 0.717) is 12.2 Å². The zero-order valence-corrected chi connectivity index (χ0v) is 15.4. The Bertz CT molecular complexity index is 1170. The van der Waals surface area contributed by atoms with E-state index in [1.807, 2.05) is 60.7 Å². The molecule has 0 aliphatic heterocycles. The van der Waals surface area contributed by atoms with Crippen LogP contribution in [0.4, 0.5) is 0 Å². The molecule has 1 N–H and O–H groups in total. The normalized spacial score (nSPS) is 10.6. The van der Waals surface area contributed by atoms with Crippen molar-refractivity contribution in [3.63, 3.8) is 0 Å². The van der Waals surface area contributed by atoms with Gasteiger partial charge in [-0.05, 0) is 11.6 Å². The molecule has 0 spiro atoms. The number of amides is 1. The minimum atomic E-state index is -0.481. The number of hydrogen-bond acceptors (Lipinski definition) is 6. The SMILES string of the molecule is O=C(NCc1ccccc1)c1nc(Cn2nc(-c3ccccc3)ccc2=O)no1. The smallest absolute Gasteiger partial charge is 0.316 e. The van der Waals surface area contributed by atoms with Crippen molar-refractivity contribution in [1.82, 2.24) is 25.2 Å². The molecule has 0 saturated carbocycles. The van der Waals surface area contributed by atoms with E-state index < -0.39 is 5.91 Å². The summed E-state index contributed by atoms with van der Waals surface area (Å²) >= 11 is 0. The van der Waals surface area contributed by atoms with Crippen molar-refractivity contribution >= 4 is 5.91 Å². The Balaban J connectivity index is 1.46. The van der Waals surface area contributed by atoms with E-state index in [0.717, 1.165) is 11.1 Å². The second kappa shape index (κ2) is 8.30. The van der Waals surface area contributed by atoms with Gasteiger partial charge in [0.05, 0.1) is 5.69 Å². The van der Waals surface area contributed by atoms with Crippen molar-refractivity contribution < 1.29 is 9.32 Å². The molecule has 0 saturated heterocycles. The Morgan fingerprint density at radius 2 is 1.69 bits per heavy atom. The first-order valence-electron chi connectivity index (χ1n) is 8.97. The third-order valence-corrected chi connectivity index (χ3v) is 4.19. The molecule has 4 aromatic rings. The van der Waals surface area contributed by atoms with Gasteiger partial charge in [-0.2, -0.15) is 10.1 Å². The molecule has 1 amide bonds. The molecule has 2 aromatic heterocycles. The fraction of sp³-hybridized carbons (Fsp3) is 0.0952. The Kier molecular flexibility index (Phi) is 5.24. The maximum atomic E-state index is 12.2. The van der Waals surface area contributed by atoms with Gasteiger partial charge in [-0.3, -0.25) is 9.59 Å². The van der Waals surface area contributed by atoms with Crippen molar-refractivity contribution in [1.29, 1.82) is 0 Å². The maximum absolute atomic E-state index is 12.2. The average Bonchev–Trinajstić information content (AvgIpc) is 3.24. The first-order chi connectivity index (χ1) is 14.2. The van der Waals surface area contributed by atoms with Crippen LogP contribution in [-0.4, -0.2) is 25.8 Å². The summed E-state index contributed by atoms with van der Waals surface area (Å²) in [6.45, 7) is 0.340. The van der Waals surface area contributed by atoms with E-state index in [9.17, 15) is 9.59 Å². The van der Waals surface area contributed by atoms with Gasteiger partial charge in [0.25, 0.3) is 5.56 Å². The van der Waals surface area contributed by atoms with Gasteiger partial charge in [0.2, 0.25) is 0 Å². The molecule has 0 fully saturated rings. The lowest BCUT2D eigenvalue weighted by Gasteiger charge is -2.04. The van der Waals surface area contributed by atoms with Crippen molar-refractivity contribution in [2.24, 2.45) is 0 Å². The van der Waals surface area contributed by atoms with Crippen molar-refractivity contribution in [3.8, 4) is 11.3 Å². The number of rotatable bonds is 6. The van der Waals surface area contributed by atoms with E-state index in [4.69, 9.17) is 4.52 Å². The van der Waals surface area contributed by atoms with Crippen LogP contribution in [0.1, 0.15) is 22.1 Å². The number of hydrogen-bond donors (Lipinski definition) is 1. The summed E-state index contributed by atoms with van der Waals surface area (Å²) in [5, 5.41) is 10.8. The van der Waals surface area contributed by atoms with E-state index in [1.165, 1.54) is 10.7 Å². The lowest BCUT2D eigenvalue weighted by atomic mass is 10.1. The molecule has 8 heteroatoms. The van der Waals surface area contributed by atoms with Gasteiger partial charge >= 0.3 is 11.8 Å². The topological polar surface area (TPSA) is 103 Å². The van der Waals surface area contributed by atoms with Gasteiger partial charge in [-0.15, -0.1) is 0 Å². The molecule has 0 aliphatic rings. The monoisotopic (exact) mass is 387 g/mol. The third-order valence-electron chi connectivity index (χ3n) is 4.19. The largest absolute Gasteiger partial charge is 0.344 e. The van der Waals surface area contributed by atoms with Crippen LogP contribution in [0.2, 0.25) is 0 Å². The van der Waals surface area contributed by atoms with E-state index >= 15 is 0 Å². The predicted molar refractivity (Wildman–Crippen MR) is 105 cm³/mol. The molecule has 2 aromatic carbocycles. The van der Waals surface area contributed by atoms with Crippen LogP contribution in [-0.2, 0) is 13.1 Å². The van der Waals surface area contributed by atoms with Crippen LogP contribution in [0, 0.1) is 0 Å².